The van der Waals surface area contributed by atoms with Crippen LogP contribution in [0.2, 0.25) is 0 Å². The molecule has 1 heterocycles. The number of benzene rings is 1. The number of carbonyl (C=O) groups excluding carboxylic acids is 3. The summed E-state index contributed by atoms with van der Waals surface area (Å²) in [7, 11) is 0. The van der Waals surface area contributed by atoms with E-state index in [9.17, 15) is 14.4 Å². The first kappa shape index (κ1) is 16.7. The molecule has 0 bridgehead atoms. The summed E-state index contributed by atoms with van der Waals surface area (Å²) in [5.74, 6) is -0.840. The number of nitrogens with one attached hydrogen (secondary N) is 4. The molecule has 1 aliphatic rings. The highest BCUT2D eigenvalue weighted by atomic mass is 32.2. The zero-order chi connectivity index (χ0) is 16.5. The first-order valence-electron chi connectivity index (χ1n) is 6.67. The average molecular weight is 333 g/mol. The van der Waals surface area contributed by atoms with Crippen molar-refractivity contribution in [3.05, 3.63) is 42.0 Å². The van der Waals surface area contributed by atoms with Crippen LogP contribution >= 0.6 is 11.8 Å². The molecule has 9 heteroatoms. The maximum atomic E-state index is 11.6. The molecule has 1 unspecified atom stereocenters. The normalized spacial score (nSPS) is 18.0. The molecule has 4 N–H and O–H groups in total. The fourth-order valence-corrected chi connectivity index (χ4v) is 2.32. The van der Waals surface area contributed by atoms with Crippen molar-refractivity contribution in [3.8, 4) is 0 Å². The Balaban J connectivity index is 1.67. The van der Waals surface area contributed by atoms with Gasteiger partial charge in [0.05, 0.1) is 5.75 Å². The van der Waals surface area contributed by atoms with Gasteiger partial charge in [0.15, 0.2) is 5.37 Å². The molecule has 0 aliphatic carbocycles. The second kappa shape index (κ2) is 8.71. The zero-order valence-electron chi connectivity index (χ0n) is 12.0. The van der Waals surface area contributed by atoms with Crippen LogP contribution in [0.1, 0.15) is 5.56 Å². The van der Waals surface area contributed by atoms with Gasteiger partial charge in [-0.1, -0.05) is 36.4 Å². The summed E-state index contributed by atoms with van der Waals surface area (Å²) < 4.78 is 0. The molecule has 4 amide bonds. The van der Waals surface area contributed by atoms with Crippen molar-refractivity contribution in [2.24, 2.45) is 5.10 Å². The average Bonchev–Trinajstić information content (AvgIpc) is 2.54. The molecule has 0 saturated carbocycles. The van der Waals surface area contributed by atoms with Crippen LogP contribution in [0.15, 0.2) is 41.5 Å². The number of hydrogen-bond acceptors (Lipinski definition) is 6. The maximum Gasteiger partial charge on any atom is 0.335 e. The van der Waals surface area contributed by atoms with Crippen molar-refractivity contribution >= 4 is 41.9 Å². The van der Waals surface area contributed by atoms with Crippen LogP contribution in [0.3, 0.4) is 0 Å². The van der Waals surface area contributed by atoms with Crippen LogP contribution < -0.4 is 21.6 Å². The Hall–Kier alpha value is -2.65. The van der Waals surface area contributed by atoms with E-state index in [0.717, 1.165) is 17.3 Å². The second-order valence-electron chi connectivity index (χ2n) is 4.36. The molecular formula is C14H15N5O3S. The lowest BCUT2D eigenvalue weighted by Gasteiger charge is -2.22. The predicted octanol–water partition coefficient (Wildman–Crippen LogP) is 0.205. The third-order valence-electron chi connectivity index (χ3n) is 2.61. The summed E-state index contributed by atoms with van der Waals surface area (Å²) in [4.78, 5) is 33.8. The predicted molar refractivity (Wildman–Crippen MR) is 88.2 cm³/mol. The molecule has 1 aliphatic heterocycles. The fraction of sp³-hybridized carbons (Fsp3) is 0.143. The quantitative estimate of drug-likeness (QED) is 0.439. The molecule has 0 aromatic heterocycles. The molecule has 0 radical (unpaired) electrons. The standard InChI is InChI=1S/C14H15N5O3S/c20-11(9-23-13-12(21)16-14(22)19-18-13)17-15-8-4-7-10-5-2-1-3-6-10/h1-8,13,18H,9H2,(H,17,20)(H2,16,19,21,22)/b7-4-,15-8+. The van der Waals surface area contributed by atoms with E-state index in [1.807, 2.05) is 36.4 Å². The highest BCUT2D eigenvalue weighted by molar-refractivity contribution is 8.01. The third kappa shape index (κ3) is 5.93. The Labute approximate surface area is 136 Å². The van der Waals surface area contributed by atoms with Crippen molar-refractivity contribution in [2.75, 3.05) is 5.75 Å². The zero-order valence-corrected chi connectivity index (χ0v) is 12.8. The first-order chi connectivity index (χ1) is 11.1. The van der Waals surface area contributed by atoms with Gasteiger partial charge >= 0.3 is 6.03 Å². The second-order valence-corrected chi connectivity index (χ2v) is 5.46. The van der Waals surface area contributed by atoms with E-state index in [0.29, 0.717) is 0 Å². The van der Waals surface area contributed by atoms with E-state index in [1.165, 1.54) is 6.21 Å². The van der Waals surface area contributed by atoms with Crippen molar-refractivity contribution < 1.29 is 14.4 Å². The van der Waals surface area contributed by atoms with Gasteiger partial charge in [-0.05, 0) is 11.6 Å². The lowest BCUT2D eigenvalue weighted by atomic mass is 10.2. The smallest absolute Gasteiger partial charge is 0.275 e. The monoisotopic (exact) mass is 333 g/mol. The summed E-state index contributed by atoms with van der Waals surface area (Å²) in [6.45, 7) is 0. The molecule has 8 nitrogen and oxygen atoms in total. The lowest BCUT2D eigenvalue weighted by Crippen LogP contribution is -2.61. The van der Waals surface area contributed by atoms with Crippen molar-refractivity contribution in [3.63, 3.8) is 0 Å². The third-order valence-corrected chi connectivity index (χ3v) is 3.70. The number of nitrogens with zero attached hydrogens (tertiary/aromatic N) is 1. The summed E-state index contributed by atoms with van der Waals surface area (Å²) in [6, 6.07) is 9.05. The molecule has 1 aromatic carbocycles. The molecule has 1 aromatic rings. The van der Waals surface area contributed by atoms with Crippen molar-refractivity contribution in [1.82, 2.24) is 21.6 Å². The number of hydrazone groups is 1. The van der Waals surface area contributed by atoms with Gasteiger partial charge in [0.1, 0.15) is 0 Å². The van der Waals surface area contributed by atoms with Crippen LogP contribution in [0, 0.1) is 0 Å². The number of amides is 4. The van der Waals surface area contributed by atoms with E-state index in [1.54, 1.807) is 6.08 Å². The molecule has 120 valence electrons. The van der Waals surface area contributed by atoms with E-state index in [2.05, 4.69) is 26.7 Å². The van der Waals surface area contributed by atoms with Gasteiger partial charge in [0.25, 0.3) is 5.91 Å². The van der Waals surface area contributed by atoms with Gasteiger partial charge in [0.2, 0.25) is 5.91 Å². The number of allylic oxidation sites excluding steroid dienone is 1. The van der Waals surface area contributed by atoms with Gasteiger partial charge in [0, 0.05) is 6.21 Å². The number of thioether (sulfide) groups is 1. The number of imide groups is 1. The van der Waals surface area contributed by atoms with Gasteiger partial charge in [-0.15, -0.1) is 11.8 Å². The molecular weight excluding hydrogens is 318 g/mol. The molecule has 2 rings (SSSR count). The van der Waals surface area contributed by atoms with Gasteiger partial charge in [-0.25, -0.2) is 15.6 Å². The van der Waals surface area contributed by atoms with Gasteiger partial charge in [-0.2, -0.15) is 5.10 Å². The van der Waals surface area contributed by atoms with Crippen LogP contribution in [0.25, 0.3) is 6.08 Å². The van der Waals surface area contributed by atoms with E-state index < -0.39 is 17.3 Å². The van der Waals surface area contributed by atoms with Crippen molar-refractivity contribution in [1.29, 1.82) is 0 Å². The number of rotatable bonds is 6. The van der Waals surface area contributed by atoms with Gasteiger partial charge in [-0.3, -0.25) is 20.3 Å². The molecule has 1 fully saturated rings. The van der Waals surface area contributed by atoms with Crippen LogP contribution in [-0.2, 0) is 9.59 Å². The van der Waals surface area contributed by atoms with Gasteiger partial charge < -0.3 is 0 Å². The molecule has 23 heavy (non-hydrogen) atoms. The largest absolute Gasteiger partial charge is 0.335 e. The Morgan fingerprint density at radius 2 is 2.09 bits per heavy atom. The summed E-state index contributed by atoms with van der Waals surface area (Å²) in [6.07, 6.45) is 5.01. The highest BCUT2D eigenvalue weighted by Crippen LogP contribution is 2.08. The van der Waals surface area contributed by atoms with Crippen LogP contribution in [-0.4, -0.2) is 35.2 Å². The Morgan fingerprint density at radius 1 is 1.30 bits per heavy atom. The molecule has 1 atom stereocenters. The summed E-state index contributed by atoms with van der Waals surface area (Å²) >= 11 is 1.03. The minimum absolute atomic E-state index is 0.0146. The van der Waals surface area contributed by atoms with Crippen molar-refractivity contribution in [2.45, 2.75) is 5.37 Å². The Kier molecular flexibility index (Phi) is 6.33. The Morgan fingerprint density at radius 3 is 2.83 bits per heavy atom. The SMILES string of the molecule is O=C(CSC1NNC(=O)NC1=O)N/N=C/C=C\c1ccccc1. The lowest BCUT2D eigenvalue weighted by molar-refractivity contribution is -0.121. The Bertz CT molecular complexity index is 633. The van der Waals surface area contributed by atoms with Crippen LogP contribution in [0.4, 0.5) is 4.79 Å². The maximum absolute atomic E-state index is 11.6. The van der Waals surface area contributed by atoms with E-state index >= 15 is 0 Å². The number of urea groups is 1. The minimum Gasteiger partial charge on any atom is -0.275 e. The number of carbonyl (C=O) groups is 3. The summed E-state index contributed by atoms with van der Waals surface area (Å²) in [5.41, 5.74) is 8.11. The fourth-order valence-electron chi connectivity index (χ4n) is 1.58. The van der Waals surface area contributed by atoms with Crippen LogP contribution in [0.5, 0.6) is 0 Å². The number of hydrazine groups is 1. The topological polar surface area (TPSA) is 112 Å². The van der Waals surface area contributed by atoms with E-state index in [4.69, 9.17) is 0 Å². The summed E-state index contributed by atoms with van der Waals surface area (Å²) in [5, 5.41) is 5.13. The molecule has 1 saturated heterocycles. The molecule has 0 spiro atoms. The highest BCUT2D eigenvalue weighted by Gasteiger charge is 2.26. The van der Waals surface area contributed by atoms with E-state index in [-0.39, 0.29) is 11.7 Å². The first-order valence-corrected chi connectivity index (χ1v) is 7.71. The number of hydrogen-bond donors (Lipinski definition) is 4. The minimum atomic E-state index is -0.722.